The van der Waals surface area contributed by atoms with Crippen LogP contribution in [0.2, 0.25) is 0 Å². The molecule has 5 aromatic carbocycles. The minimum Gasteiger partial charge on any atom is -0.466 e. The van der Waals surface area contributed by atoms with Crippen molar-refractivity contribution in [3.8, 4) is 0 Å². The highest BCUT2D eigenvalue weighted by atomic mass is 16.5. The number of rotatable bonds is 0. The average Bonchev–Trinajstić information content (AvgIpc) is 3.41. The maximum absolute atomic E-state index is 4.58. The maximum atomic E-state index is 4.58. The van der Waals surface area contributed by atoms with Crippen LogP contribution in [0.5, 0.6) is 0 Å². The minimum absolute atomic E-state index is 1.21. The number of para-hydroxylation sites is 2. The van der Waals surface area contributed by atoms with Gasteiger partial charge in [-0.1, -0.05) is 84.9 Å². The Hall–Kier alpha value is -5.49. The van der Waals surface area contributed by atoms with Gasteiger partial charge in [-0.15, -0.1) is 10.2 Å². The van der Waals surface area contributed by atoms with Crippen molar-refractivity contribution in [1.82, 2.24) is 20.4 Å². The maximum Gasteiger partial charge on any atom is 0.125 e. The van der Waals surface area contributed by atoms with Crippen LogP contribution in [0.25, 0.3) is 43.4 Å². The van der Waals surface area contributed by atoms with Crippen molar-refractivity contribution < 1.29 is 9.47 Å². The summed E-state index contributed by atoms with van der Waals surface area (Å²) in [4.78, 5) is 3.38. The van der Waals surface area contributed by atoms with Gasteiger partial charge in [0.2, 0.25) is 0 Å². The second-order valence-electron chi connectivity index (χ2n) is 8.39. The summed E-state index contributed by atoms with van der Waals surface area (Å²) in [5.41, 5.74) is 2.42. The molecule has 0 radical (unpaired) electrons. The van der Waals surface area contributed by atoms with E-state index in [1.165, 1.54) is 68.4 Å². The Morgan fingerprint density at radius 1 is 0.436 bits per heavy atom. The Morgan fingerprint density at radius 2 is 0.821 bits per heavy atom. The lowest BCUT2D eigenvalue weighted by atomic mass is 10.0. The predicted octanol–water partition coefficient (Wildman–Crippen LogP) is 8.16. The molecule has 3 heterocycles. The topological polar surface area (TPSA) is 72.9 Å². The number of aromatic amines is 1. The average molecular weight is 511 g/mol. The van der Waals surface area contributed by atoms with Crippen molar-refractivity contribution >= 4 is 43.4 Å². The van der Waals surface area contributed by atoms with Gasteiger partial charge in [-0.25, -0.2) is 0 Å². The number of benzene rings is 5. The highest BCUT2D eigenvalue weighted by Crippen LogP contribution is 2.24. The molecule has 0 fully saturated rings. The van der Waals surface area contributed by atoms with E-state index in [4.69, 9.17) is 0 Å². The molecule has 1 aliphatic rings. The zero-order chi connectivity index (χ0) is 26.5. The lowest BCUT2D eigenvalue weighted by Gasteiger charge is -2.00. The SMILES string of the molecule is C1=COC=CO1.c1ccc2c(c1)[nH]c1ccccc12.c1ccc2cc3ccccc3cc2c1.c1cnnnc1. The van der Waals surface area contributed by atoms with Gasteiger partial charge in [0.05, 0.1) is 12.4 Å². The van der Waals surface area contributed by atoms with E-state index in [9.17, 15) is 0 Å². The molecule has 0 unspecified atom stereocenters. The first-order chi connectivity index (χ1) is 19.4. The van der Waals surface area contributed by atoms with Crippen LogP contribution in [-0.2, 0) is 9.47 Å². The fourth-order valence-corrected chi connectivity index (χ4v) is 4.11. The number of ether oxygens (including phenoxy) is 2. The molecule has 0 aliphatic carbocycles. The third kappa shape index (κ3) is 6.84. The van der Waals surface area contributed by atoms with Crippen LogP contribution in [0.1, 0.15) is 0 Å². The first-order valence-electron chi connectivity index (χ1n) is 12.4. The molecule has 8 rings (SSSR count). The Morgan fingerprint density at radius 3 is 1.15 bits per heavy atom. The molecular formula is C33H26N4O2. The van der Waals surface area contributed by atoms with Crippen molar-refractivity contribution in [3.63, 3.8) is 0 Å². The second-order valence-corrected chi connectivity index (χ2v) is 8.39. The van der Waals surface area contributed by atoms with Crippen molar-refractivity contribution in [2.45, 2.75) is 0 Å². The summed E-state index contributed by atoms with van der Waals surface area (Å²) >= 11 is 0. The first kappa shape index (κ1) is 25.2. The largest absolute Gasteiger partial charge is 0.466 e. The van der Waals surface area contributed by atoms with Gasteiger partial charge in [0, 0.05) is 21.8 Å². The van der Waals surface area contributed by atoms with Gasteiger partial charge in [-0.2, -0.15) is 0 Å². The van der Waals surface area contributed by atoms with Crippen molar-refractivity contribution in [3.05, 3.63) is 153 Å². The molecule has 0 saturated heterocycles. The summed E-state index contributed by atoms with van der Waals surface area (Å²) in [6.07, 6.45) is 8.99. The zero-order valence-electron chi connectivity index (χ0n) is 21.1. The zero-order valence-corrected chi connectivity index (χ0v) is 21.1. The van der Waals surface area contributed by atoms with E-state index in [1.54, 1.807) is 18.5 Å². The molecule has 190 valence electrons. The van der Waals surface area contributed by atoms with Crippen molar-refractivity contribution in [2.24, 2.45) is 0 Å². The van der Waals surface area contributed by atoms with Crippen LogP contribution in [0.3, 0.4) is 0 Å². The summed E-state index contributed by atoms with van der Waals surface area (Å²) in [5.74, 6) is 0. The Kier molecular flexibility index (Phi) is 8.50. The molecule has 0 atom stereocenters. The molecular weight excluding hydrogens is 484 g/mol. The van der Waals surface area contributed by atoms with Gasteiger partial charge in [-0.05, 0) is 57.1 Å². The quantitative estimate of drug-likeness (QED) is 0.208. The number of aromatic nitrogens is 4. The highest BCUT2D eigenvalue weighted by molar-refractivity contribution is 6.07. The van der Waals surface area contributed by atoms with Crippen LogP contribution in [0, 0.1) is 0 Å². The van der Waals surface area contributed by atoms with Crippen LogP contribution < -0.4 is 0 Å². The number of fused-ring (bicyclic) bond motifs is 5. The number of nitrogens with one attached hydrogen (secondary N) is 1. The normalized spacial score (nSPS) is 11.3. The third-order valence-corrected chi connectivity index (χ3v) is 5.86. The fraction of sp³-hybridized carbons (Fsp3) is 0. The first-order valence-corrected chi connectivity index (χ1v) is 12.4. The number of nitrogens with zero attached hydrogens (tertiary/aromatic N) is 3. The molecule has 0 spiro atoms. The molecule has 0 bridgehead atoms. The lowest BCUT2D eigenvalue weighted by molar-refractivity contribution is 0.290. The molecule has 7 aromatic rings. The van der Waals surface area contributed by atoms with Gasteiger partial charge in [-0.3, -0.25) is 0 Å². The molecule has 6 nitrogen and oxygen atoms in total. The Bertz CT molecular complexity index is 1630. The Balaban J connectivity index is 0.000000113. The van der Waals surface area contributed by atoms with Crippen LogP contribution in [-0.4, -0.2) is 20.4 Å². The van der Waals surface area contributed by atoms with E-state index >= 15 is 0 Å². The molecule has 0 saturated carbocycles. The lowest BCUT2D eigenvalue weighted by Crippen LogP contribution is -1.78. The number of hydrogen-bond donors (Lipinski definition) is 1. The van der Waals surface area contributed by atoms with Gasteiger partial charge in [0.15, 0.2) is 0 Å². The van der Waals surface area contributed by atoms with Gasteiger partial charge in [0.25, 0.3) is 0 Å². The van der Waals surface area contributed by atoms with Crippen molar-refractivity contribution in [1.29, 1.82) is 0 Å². The predicted molar refractivity (Wildman–Crippen MR) is 158 cm³/mol. The van der Waals surface area contributed by atoms with E-state index in [-0.39, 0.29) is 0 Å². The van der Waals surface area contributed by atoms with E-state index in [2.05, 4.69) is 139 Å². The summed E-state index contributed by atoms with van der Waals surface area (Å²) in [7, 11) is 0. The van der Waals surface area contributed by atoms with E-state index in [1.807, 2.05) is 0 Å². The standard InChI is InChI=1S/C14H10.C12H9N.C4H4O2.C3H3N3/c1-2-6-12-10-14-8-4-3-7-13(14)9-11(12)5-1;1-3-7-11-9(5-1)10-6-2-4-8-12(10)13-11;1-2-6-4-3-5-1;1-2-4-6-5-3-1/h1-10H;1-8,13H;1-4H;1-3H. The minimum atomic E-state index is 1.21. The van der Waals surface area contributed by atoms with E-state index in [0.717, 1.165) is 0 Å². The summed E-state index contributed by atoms with van der Waals surface area (Å²) in [6.45, 7) is 0. The Labute approximate surface area is 225 Å². The van der Waals surface area contributed by atoms with Crippen LogP contribution >= 0.6 is 0 Å². The molecule has 6 heteroatoms. The molecule has 1 N–H and O–H groups in total. The number of H-pyrrole nitrogens is 1. The van der Waals surface area contributed by atoms with Gasteiger partial charge < -0.3 is 14.5 Å². The highest BCUT2D eigenvalue weighted by Gasteiger charge is 2.00. The third-order valence-electron chi connectivity index (χ3n) is 5.86. The van der Waals surface area contributed by atoms with Crippen LogP contribution in [0.4, 0.5) is 0 Å². The molecule has 0 amide bonds. The monoisotopic (exact) mass is 510 g/mol. The summed E-state index contributed by atoms with van der Waals surface area (Å²) in [5, 5.41) is 18.0. The summed E-state index contributed by atoms with van der Waals surface area (Å²) in [6, 6.07) is 39.9. The van der Waals surface area contributed by atoms with E-state index in [0.29, 0.717) is 0 Å². The van der Waals surface area contributed by atoms with Crippen LogP contribution in [0.15, 0.2) is 153 Å². The molecule has 1 aliphatic heterocycles. The van der Waals surface area contributed by atoms with E-state index < -0.39 is 0 Å². The summed E-state index contributed by atoms with van der Waals surface area (Å²) < 4.78 is 9.17. The fourth-order valence-electron chi connectivity index (χ4n) is 4.11. The van der Waals surface area contributed by atoms with Gasteiger partial charge in [0.1, 0.15) is 25.0 Å². The van der Waals surface area contributed by atoms with Crippen molar-refractivity contribution in [2.75, 3.05) is 0 Å². The molecule has 2 aromatic heterocycles. The smallest absolute Gasteiger partial charge is 0.125 e. The van der Waals surface area contributed by atoms with Gasteiger partial charge >= 0.3 is 0 Å². The number of hydrogen-bond acceptors (Lipinski definition) is 5. The second kappa shape index (κ2) is 13.2. The molecule has 39 heavy (non-hydrogen) atoms.